The normalized spacial score (nSPS) is 18.3. The number of para-hydroxylation sites is 1. The quantitative estimate of drug-likeness (QED) is 0.918. The van der Waals surface area contributed by atoms with Crippen LogP contribution in [-0.2, 0) is 9.53 Å². The van der Waals surface area contributed by atoms with E-state index >= 15 is 0 Å². The molecule has 2 amide bonds. The van der Waals surface area contributed by atoms with E-state index in [-0.39, 0.29) is 12.5 Å². The number of nitrogens with zero attached hydrogens (tertiary/aromatic N) is 2. The van der Waals surface area contributed by atoms with Gasteiger partial charge in [-0.1, -0.05) is 18.2 Å². The first-order chi connectivity index (χ1) is 10.1. The number of carbonyl (C=O) groups is 2. The molecule has 1 aliphatic heterocycles. The lowest BCUT2D eigenvalue weighted by Gasteiger charge is -2.35. The SMILES string of the molecule is CCN(C(=O)N1CCOC(CC(=O)O)C1)c1ccccc1. The summed E-state index contributed by atoms with van der Waals surface area (Å²) in [5.41, 5.74) is 0.839. The highest BCUT2D eigenvalue weighted by atomic mass is 16.5. The number of aliphatic carboxylic acids is 1. The first-order valence-corrected chi connectivity index (χ1v) is 7.06. The van der Waals surface area contributed by atoms with Crippen molar-refractivity contribution < 1.29 is 19.4 Å². The van der Waals surface area contributed by atoms with Crippen LogP contribution in [0.2, 0.25) is 0 Å². The molecule has 0 aromatic heterocycles. The number of amides is 2. The molecular formula is C15H20N2O4. The van der Waals surface area contributed by atoms with Gasteiger partial charge in [-0.05, 0) is 19.1 Å². The Morgan fingerprint density at radius 1 is 1.38 bits per heavy atom. The van der Waals surface area contributed by atoms with Crippen molar-refractivity contribution >= 4 is 17.7 Å². The van der Waals surface area contributed by atoms with E-state index in [1.807, 2.05) is 37.3 Å². The Bertz CT molecular complexity index is 492. The molecule has 1 unspecified atom stereocenters. The largest absolute Gasteiger partial charge is 0.481 e. The van der Waals surface area contributed by atoms with Gasteiger partial charge in [-0.25, -0.2) is 4.79 Å². The van der Waals surface area contributed by atoms with Crippen LogP contribution in [0.5, 0.6) is 0 Å². The number of benzene rings is 1. The van der Waals surface area contributed by atoms with Crippen molar-refractivity contribution in [1.29, 1.82) is 0 Å². The van der Waals surface area contributed by atoms with E-state index in [0.717, 1.165) is 5.69 Å². The van der Waals surface area contributed by atoms with E-state index < -0.39 is 12.1 Å². The number of hydrogen-bond acceptors (Lipinski definition) is 3. The standard InChI is InChI=1S/C15H20N2O4/c1-2-17(12-6-4-3-5-7-12)15(20)16-8-9-21-13(11-16)10-14(18)19/h3-7,13H,2,8-11H2,1H3,(H,18,19). The summed E-state index contributed by atoms with van der Waals surface area (Å²) in [5.74, 6) is -0.912. The maximum atomic E-state index is 12.6. The third kappa shape index (κ3) is 3.95. The molecule has 1 atom stereocenters. The molecule has 6 heteroatoms. The third-order valence-corrected chi connectivity index (χ3v) is 3.43. The minimum atomic E-state index is -0.912. The van der Waals surface area contributed by atoms with Gasteiger partial charge in [0.25, 0.3) is 0 Å². The highest BCUT2D eigenvalue weighted by Gasteiger charge is 2.28. The molecule has 0 spiro atoms. The Morgan fingerprint density at radius 3 is 2.71 bits per heavy atom. The molecule has 114 valence electrons. The summed E-state index contributed by atoms with van der Waals surface area (Å²) in [4.78, 5) is 26.7. The number of morpholine rings is 1. The molecule has 1 N–H and O–H groups in total. The fraction of sp³-hybridized carbons (Fsp3) is 0.467. The number of anilines is 1. The number of ether oxygens (including phenoxy) is 1. The molecule has 6 nitrogen and oxygen atoms in total. The number of hydrogen-bond donors (Lipinski definition) is 1. The van der Waals surface area contributed by atoms with Crippen molar-refractivity contribution in [2.24, 2.45) is 0 Å². The average molecular weight is 292 g/mol. The first kappa shape index (κ1) is 15.3. The number of carboxylic acid groups (broad SMARTS) is 1. The van der Waals surface area contributed by atoms with E-state index in [1.165, 1.54) is 0 Å². The molecule has 0 radical (unpaired) electrons. The summed E-state index contributed by atoms with van der Waals surface area (Å²) in [6.45, 7) is 3.65. The lowest BCUT2D eigenvalue weighted by molar-refractivity contribution is -0.141. The Morgan fingerprint density at radius 2 is 2.10 bits per heavy atom. The predicted octanol–water partition coefficient (Wildman–Crippen LogP) is 1.81. The van der Waals surface area contributed by atoms with Gasteiger partial charge in [0.2, 0.25) is 0 Å². The molecule has 1 fully saturated rings. The topological polar surface area (TPSA) is 70.1 Å². The van der Waals surface area contributed by atoms with E-state index in [4.69, 9.17) is 9.84 Å². The van der Waals surface area contributed by atoms with Crippen molar-refractivity contribution in [2.45, 2.75) is 19.4 Å². The van der Waals surface area contributed by atoms with Crippen LogP contribution in [0.1, 0.15) is 13.3 Å². The zero-order valence-corrected chi connectivity index (χ0v) is 12.1. The van der Waals surface area contributed by atoms with Crippen LogP contribution < -0.4 is 4.90 Å². The summed E-state index contributed by atoms with van der Waals surface area (Å²) in [6, 6.07) is 9.34. The molecule has 1 aromatic carbocycles. The monoisotopic (exact) mass is 292 g/mol. The van der Waals surface area contributed by atoms with Crippen molar-refractivity contribution in [2.75, 3.05) is 31.1 Å². The lowest BCUT2D eigenvalue weighted by atomic mass is 10.2. The number of carbonyl (C=O) groups excluding carboxylic acids is 1. The van der Waals surface area contributed by atoms with Gasteiger partial charge in [-0.15, -0.1) is 0 Å². The highest BCUT2D eigenvalue weighted by Crippen LogP contribution is 2.17. The fourth-order valence-corrected chi connectivity index (χ4v) is 2.42. The third-order valence-electron chi connectivity index (χ3n) is 3.43. The maximum Gasteiger partial charge on any atom is 0.324 e. The molecular weight excluding hydrogens is 272 g/mol. The molecule has 0 saturated carbocycles. The predicted molar refractivity (Wildman–Crippen MR) is 78.4 cm³/mol. The average Bonchev–Trinajstić information content (AvgIpc) is 2.48. The minimum absolute atomic E-state index is 0.0821. The molecule has 0 bridgehead atoms. The van der Waals surface area contributed by atoms with Gasteiger partial charge in [-0.3, -0.25) is 9.69 Å². The maximum absolute atomic E-state index is 12.6. The van der Waals surface area contributed by atoms with Gasteiger partial charge in [0, 0.05) is 25.3 Å². The van der Waals surface area contributed by atoms with Crippen LogP contribution in [0.15, 0.2) is 30.3 Å². The van der Waals surface area contributed by atoms with Crippen molar-refractivity contribution in [1.82, 2.24) is 4.90 Å². The van der Waals surface area contributed by atoms with Gasteiger partial charge in [0.15, 0.2) is 0 Å². The molecule has 1 saturated heterocycles. The van der Waals surface area contributed by atoms with Crippen LogP contribution in [0.25, 0.3) is 0 Å². The molecule has 21 heavy (non-hydrogen) atoms. The molecule has 1 aliphatic rings. The minimum Gasteiger partial charge on any atom is -0.481 e. The Hall–Kier alpha value is -2.08. The Kier molecular flexibility index (Phi) is 5.16. The molecule has 0 aliphatic carbocycles. The Balaban J connectivity index is 2.05. The van der Waals surface area contributed by atoms with Crippen molar-refractivity contribution in [3.63, 3.8) is 0 Å². The van der Waals surface area contributed by atoms with E-state index in [9.17, 15) is 9.59 Å². The second-order valence-corrected chi connectivity index (χ2v) is 4.90. The summed E-state index contributed by atoms with van der Waals surface area (Å²) in [6.07, 6.45) is -0.518. The van der Waals surface area contributed by atoms with Gasteiger partial charge in [0.1, 0.15) is 0 Å². The fourth-order valence-electron chi connectivity index (χ4n) is 2.42. The van der Waals surface area contributed by atoms with E-state index in [2.05, 4.69) is 0 Å². The summed E-state index contributed by atoms with van der Waals surface area (Å²) >= 11 is 0. The van der Waals surface area contributed by atoms with Crippen LogP contribution in [0.4, 0.5) is 10.5 Å². The summed E-state index contributed by atoms with van der Waals surface area (Å²) in [5, 5.41) is 8.83. The molecule has 1 heterocycles. The van der Waals surface area contributed by atoms with Crippen LogP contribution in [0.3, 0.4) is 0 Å². The molecule has 2 rings (SSSR count). The van der Waals surface area contributed by atoms with E-state index in [0.29, 0.717) is 26.2 Å². The second kappa shape index (κ2) is 7.08. The second-order valence-electron chi connectivity index (χ2n) is 4.90. The smallest absolute Gasteiger partial charge is 0.324 e. The highest BCUT2D eigenvalue weighted by molar-refractivity contribution is 5.92. The Labute approximate surface area is 123 Å². The number of carboxylic acids is 1. The van der Waals surface area contributed by atoms with Gasteiger partial charge >= 0.3 is 12.0 Å². The van der Waals surface area contributed by atoms with Gasteiger partial charge in [0.05, 0.1) is 19.1 Å². The first-order valence-electron chi connectivity index (χ1n) is 7.06. The van der Waals surface area contributed by atoms with E-state index in [1.54, 1.807) is 9.80 Å². The zero-order valence-electron chi connectivity index (χ0n) is 12.1. The molecule has 1 aromatic rings. The van der Waals surface area contributed by atoms with Crippen LogP contribution in [-0.4, -0.2) is 54.4 Å². The number of rotatable bonds is 4. The van der Waals surface area contributed by atoms with Gasteiger partial charge in [-0.2, -0.15) is 0 Å². The van der Waals surface area contributed by atoms with Crippen LogP contribution in [0, 0.1) is 0 Å². The van der Waals surface area contributed by atoms with Crippen LogP contribution >= 0.6 is 0 Å². The van der Waals surface area contributed by atoms with Gasteiger partial charge < -0.3 is 14.7 Å². The van der Waals surface area contributed by atoms with Crippen molar-refractivity contribution in [3.8, 4) is 0 Å². The zero-order chi connectivity index (χ0) is 15.2. The van der Waals surface area contributed by atoms with Crippen molar-refractivity contribution in [3.05, 3.63) is 30.3 Å². The lowest BCUT2D eigenvalue weighted by Crippen LogP contribution is -2.51. The number of urea groups is 1. The summed E-state index contributed by atoms with van der Waals surface area (Å²) in [7, 11) is 0. The summed E-state index contributed by atoms with van der Waals surface area (Å²) < 4.78 is 5.40.